The van der Waals surface area contributed by atoms with E-state index in [0.29, 0.717) is 16.7 Å². The molecule has 1 heterocycles. The monoisotopic (exact) mass is 339 g/mol. The molecular weight excluding hydrogens is 326 g/mol. The summed E-state index contributed by atoms with van der Waals surface area (Å²) < 4.78 is 0.788. The lowest BCUT2D eigenvalue weighted by Gasteiger charge is -2.09. The Bertz CT molecular complexity index is 614. The number of nitrogens with two attached hydrogens (primary N) is 1. The van der Waals surface area contributed by atoms with Gasteiger partial charge in [-0.05, 0) is 40.9 Å². The highest BCUT2D eigenvalue weighted by Gasteiger charge is 2.11. The third-order valence-corrected chi connectivity index (χ3v) is 4.13. The van der Waals surface area contributed by atoms with Crippen LogP contribution in [0.1, 0.15) is 24.6 Å². The zero-order chi connectivity index (χ0) is 14.0. The number of rotatable bonds is 3. The van der Waals surface area contributed by atoms with Crippen molar-refractivity contribution < 1.29 is 0 Å². The second-order valence-electron chi connectivity index (χ2n) is 4.41. The van der Waals surface area contributed by atoms with Crippen LogP contribution < -0.4 is 5.73 Å². The van der Waals surface area contributed by atoms with E-state index >= 15 is 0 Å². The molecule has 0 fully saturated rings. The third-order valence-electron chi connectivity index (χ3n) is 2.86. The topological polar surface area (TPSA) is 51.8 Å². The smallest absolute Gasteiger partial charge is 0.161 e. The van der Waals surface area contributed by atoms with Crippen molar-refractivity contribution in [3.05, 3.63) is 39.0 Å². The summed E-state index contributed by atoms with van der Waals surface area (Å²) in [7, 11) is 0. The number of halogens is 2. The van der Waals surface area contributed by atoms with Gasteiger partial charge in [0, 0.05) is 10.6 Å². The van der Waals surface area contributed by atoms with Gasteiger partial charge in [0.2, 0.25) is 0 Å². The Balaban J connectivity index is 2.52. The van der Waals surface area contributed by atoms with Gasteiger partial charge in [0.1, 0.15) is 5.82 Å². The van der Waals surface area contributed by atoms with Gasteiger partial charge in [0.25, 0.3) is 0 Å². The van der Waals surface area contributed by atoms with Crippen LogP contribution in [0.3, 0.4) is 0 Å². The van der Waals surface area contributed by atoms with Gasteiger partial charge in [-0.1, -0.05) is 37.1 Å². The van der Waals surface area contributed by atoms with Gasteiger partial charge in [0.05, 0.1) is 10.2 Å². The van der Waals surface area contributed by atoms with Crippen LogP contribution in [0.2, 0.25) is 5.02 Å². The maximum absolute atomic E-state index is 6.14. The van der Waals surface area contributed by atoms with E-state index in [4.69, 9.17) is 17.3 Å². The van der Waals surface area contributed by atoms with E-state index in [2.05, 4.69) is 32.8 Å². The van der Waals surface area contributed by atoms with Crippen LogP contribution in [0.5, 0.6) is 0 Å². The van der Waals surface area contributed by atoms with Crippen LogP contribution >= 0.6 is 27.5 Å². The summed E-state index contributed by atoms with van der Waals surface area (Å²) in [5.41, 5.74) is 8.77. The predicted molar refractivity (Wildman–Crippen MR) is 83.3 cm³/mol. The van der Waals surface area contributed by atoms with Crippen LogP contribution in [0.25, 0.3) is 11.4 Å². The summed E-state index contributed by atoms with van der Waals surface area (Å²) in [6, 6.07) is 5.79. The minimum atomic E-state index is 0.463. The Morgan fingerprint density at radius 3 is 2.68 bits per heavy atom. The molecule has 0 saturated heterocycles. The zero-order valence-electron chi connectivity index (χ0n) is 10.9. The number of hydrogen-bond donors (Lipinski definition) is 1. The van der Waals surface area contributed by atoms with Crippen molar-refractivity contribution in [1.82, 2.24) is 9.97 Å². The molecule has 0 spiro atoms. The average molecular weight is 341 g/mol. The van der Waals surface area contributed by atoms with Crippen LogP contribution in [0.15, 0.2) is 22.7 Å². The standard InChI is InChI=1S/C14H15BrClN3/c1-3-4-11-12(15)13(17)19-14(18-11)9-6-5-8(2)10(16)7-9/h5-7H,3-4H2,1-2H3,(H2,17,18,19). The molecule has 0 amide bonds. The molecule has 5 heteroatoms. The molecule has 0 aliphatic heterocycles. The van der Waals surface area contributed by atoms with Gasteiger partial charge in [-0.2, -0.15) is 0 Å². The molecule has 2 N–H and O–H groups in total. The van der Waals surface area contributed by atoms with Crippen molar-refractivity contribution in [2.24, 2.45) is 0 Å². The molecule has 0 unspecified atom stereocenters. The molecular formula is C14H15BrClN3. The third kappa shape index (κ3) is 3.07. The van der Waals surface area contributed by atoms with Crippen molar-refractivity contribution in [1.29, 1.82) is 0 Å². The van der Waals surface area contributed by atoms with E-state index < -0.39 is 0 Å². The predicted octanol–water partition coefficient (Wildman–Crippen LogP) is 4.40. The second-order valence-corrected chi connectivity index (χ2v) is 5.61. The van der Waals surface area contributed by atoms with Crippen molar-refractivity contribution in [2.45, 2.75) is 26.7 Å². The molecule has 0 aliphatic rings. The number of anilines is 1. The molecule has 2 aromatic rings. The van der Waals surface area contributed by atoms with Gasteiger partial charge < -0.3 is 5.73 Å². The summed E-state index contributed by atoms with van der Waals surface area (Å²) in [6.45, 7) is 4.07. The normalized spacial score (nSPS) is 10.7. The van der Waals surface area contributed by atoms with Crippen molar-refractivity contribution in [3.63, 3.8) is 0 Å². The minimum Gasteiger partial charge on any atom is -0.383 e. The van der Waals surface area contributed by atoms with Crippen molar-refractivity contribution in [3.8, 4) is 11.4 Å². The van der Waals surface area contributed by atoms with E-state index in [0.717, 1.165) is 34.1 Å². The molecule has 19 heavy (non-hydrogen) atoms. The maximum atomic E-state index is 6.14. The van der Waals surface area contributed by atoms with Crippen molar-refractivity contribution in [2.75, 3.05) is 5.73 Å². The molecule has 0 radical (unpaired) electrons. The van der Waals surface area contributed by atoms with E-state index in [1.54, 1.807) is 0 Å². The van der Waals surface area contributed by atoms with E-state index in [1.165, 1.54) is 0 Å². The average Bonchev–Trinajstić information content (AvgIpc) is 2.38. The quantitative estimate of drug-likeness (QED) is 0.901. The lowest BCUT2D eigenvalue weighted by Crippen LogP contribution is -2.03. The SMILES string of the molecule is CCCc1nc(-c2ccc(C)c(Cl)c2)nc(N)c1Br. The van der Waals surface area contributed by atoms with Crippen LogP contribution in [-0.2, 0) is 6.42 Å². The van der Waals surface area contributed by atoms with Gasteiger partial charge in [-0.25, -0.2) is 9.97 Å². The highest BCUT2D eigenvalue weighted by Crippen LogP contribution is 2.28. The molecule has 0 atom stereocenters. The first-order valence-corrected chi connectivity index (χ1v) is 7.28. The highest BCUT2D eigenvalue weighted by molar-refractivity contribution is 9.10. The molecule has 0 saturated carbocycles. The Morgan fingerprint density at radius 1 is 1.32 bits per heavy atom. The van der Waals surface area contributed by atoms with Crippen LogP contribution in [-0.4, -0.2) is 9.97 Å². The maximum Gasteiger partial charge on any atom is 0.161 e. The number of hydrogen-bond acceptors (Lipinski definition) is 3. The summed E-state index contributed by atoms with van der Waals surface area (Å²) in [5, 5.41) is 0.708. The fourth-order valence-corrected chi connectivity index (χ4v) is 2.33. The Morgan fingerprint density at radius 2 is 2.05 bits per heavy atom. The molecule has 100 valence electrons. The zero-order valence-corrected chi connectivity index (χ0v) is 13.2. The number of aryl methyl sites for hydroxylation is 2. The number of aromatic nitrogens is 2. The number of nitrogen functional groups attached to an aromatic ring is 1. The fraction of sp³-hybridized carbons (Fsp3) is 0.286. The Hall–Kier alpha value is -1.13. The first-order valence-electron chi connectivity index (χ1n) is 6.11. The molecule has 3 nitrogen and oxygen atoms in total. The van der Waals surface area contributed by atoms with E-state index in [1.807, 2.05) is 25.1 Å². The molecule has 1 aromatic heterocycles. The van der Waals surface area contributed by atoms with Crippen LogP contribution in [0.4, 0.5) is 5.82 Å². The Kier molecular flexibility index (Phi) is 4.42. The van der Waals surface area contributed by atoms with Gasteiger partial charge in [-0.15, -0.1) is 0 Å². The molecule has 0 aliphatic carbocycles. The second kappa shape index (κ2) is 5.88. The van der Waals surface area contributed by atoms with Gasteiger partial charge >= 0.3 is 0 Å². The lowest BCUT2D eigenvalue weighted by atomic mass is 10.1. The largest absolute Gasteiger partial charge is 0.383 e. The molecule has 0 bridgehead atoms. The lowest BCUT2D eigenvalue weighted by molar-refractivity contribution is 0.870. The minimum absolute atomic E-state index is 0.463. The fourth-order valence-electron chi connectivity index (χ4n) is 1.78. The first-order chi connectivity index (χ1) is 9.02. The summed E-state index contributed by atoms with van der Waals surface area (Å²) >= 11 is 9.58. The van der Waals surface area contributed by atoms with Crippen molar-refractivity contribution >= 4 is 33.3 Å². The molecule has 1 aromatic carbocycles. The summed E-state index contributed by atoms with van der Waals surface area (Å²) in [5.74, 6) is 1.08. The summed E-state index contributed by atoms with van der Waals surface area (Å²) in [4.78, 5) is 8.89. The van der Waals surface area contributed by atoms with E-state index in [-0.39, 0.29) is 0 Å². The van der Waals surface area contributed by atoms with Gasteiger partial charge in [0.15, 0.2) is 5.82 Å². The number of nitrogens with zero attached hydrogens (tertiary/aromatic N) is 2. The van der Waals surface area contributed by atoms with Gasteiger partial charge in [-0.3, -0.25) is 0 Å². The first kappa shape index (κ1) is 14.3. The van der Waals surface area contributed by atoms with Crippen LogP contribution in [0, 0.1) is 6.92 Å². The Labute approximate surface area is 126 Å². The molecule has 2 rings (SSSR count). The number of benzene rings is 1. The summed E-state index contributed by atoms with van der Waals surface area (Å²) in [6.07, 6.45) is 1.86. The van der Waals surface area contributed by atoms with E-state index in [9.17, 15) is 0 Å². The highest BCUT2D eigenvalue weighted by atomic mass is 79.9.